The van der Waals surface area contributed by atoms with Gasteiger partial charge in [0.15, 0.2) is 0 Å². The minimum atomic E-state index is -1.15. The Balaban J connectivity index is 2.63. The Bertz CT molecular complexity index is 154. The first-order chi connectivity index (χ1) is 5.57. The summed E-state index contributed by atoms with van der Waals surface area (Å²) in [6.45, 7) is -0.359. The summed E-state index contributed by atoms with van der Waals surface area (Å²) in [6, 6.07) is -0.730. The minimum Gasteiger partial charge on any atom is -0.394 e. The Morgan fingerprint density at radius 1 is 1.33 bits per heavy atom. The molecule has 3 unspecified atom stereocenters. The first-order valence-electron chi connectivity index (χ1n) is 3.64. The van der Waals surface area contributed by atoms with Gasteiger partial charge in [-0.15, -0.1) is 12.6 Å². The predicted octanol–water partition coefficient (Wildman–Crippen LogP) is -2.32. The molecule has 0 aromatic carbocycles. The summed E-state index contributed by atoms with van der Waals surface area (Å²) < 4.78 is 5.01. The van der Waals surface area contributed by atoms with Gasteiger partial charge in [-0.3, -0.25) is 0 Å². The molecular weight excluding hydrogens is 182 g/mol. The maximum absolute atomic E-state index is 9.30. The van der Waals surface area contributed by atoms with E-state index in [4.69, 9.17) is 15.6 Å². The van der Waals surface area contributed by atoms with Crippen LogP contribution >= 0.6 is 12.6 Å². The van der Waals surface area contributed by atoms with Crippen LogP contribution in [0.4, 0.5) is 0 Å². The largest absolute Gasteiger partial charge is 0.394 e. The zero-order valence-electron chi connectivity index (χ0n) is 6.37. The Labute approximate surface area is 75.5 Å². The quantitative estimate of drug-likeness (QED) is 0.303. The highest BCUT2D eigenvalue weighted by atomic mass is 32.1. The molecular formula is C6H13NO4S. The van der Waals surface area contributed by atoms with E-state index in [1.165, 1.54) is 0 Å². The second-order valence-corrected chi connectivity index (χ2v) is 3.32. The van der Waals surface area contributed by atoms with Gasteiger partial charge in [-0.25, -0.2) is 0 Å². The molecule has 5 N–H and O–H groups in total. The smallest absolute Gasteiger partial charge is 0.118 e. The lowest BCUT2D eigenvalue weighted by molar-refractivity contribution is -0.165. The van der Waals surface area contributed by atoms with E-state index in [2.05, 4.69) is 12.6 Å². The van der Waals surface area contributed by atoms with Crippen LogP contribution < -0.4 is 5.73 Å². The van der Waals surface area contributed by atoms with Gasteiger partial charge in [-0.05, 0) is 0 Å². The monoisotopic (exact) mass is 195 g/mol. The van der Waals surface area contributed by atoms with Gasteiger partial charge in [0.1, 0.15) is 23.7 Å². The number of aliphatic hydroxyl groups is 3. The Kier molecular flexibility index (Phi) is 3.33. The summed E-state index contributed by atoms with van der Waals surface area (Å²) >= 11 is 3.94. The van der Waals surface area contributed by atoms with Crippen LogP contribution in [0, 0.1) is 0 Å². The second kappa shape index (κ2) is 3.91. The highest BCUT2D eigenvalue weighted by Gasteiger charge is 2.40. The standard InChI is InChI=1S/C6H13NO4S/c7-3-5(10)4(9)2(1-8)11-6(3)12/h2-6,8-10,12H,1,7H2/t2?,3?,4-,5-,6?/m1/s1. The molecule has 1 aliphatic heterocycles. The van der Waals surface area contributed by atoms with E-state index in [-0.39, 0.29) is 6.61 Å². The lowest BCUT2D eigenvalue weighted by Crippen LogP contribution is -2.60. The molecule has 0 amide bonds. The molecule has 0 aromatic heterocycles. The molecule has 0 radical (unpaired) electrons. The SMILES string of the molecule is NC1C(S)OC(CO)[C@@H](O)[C@@H]1O. The van der Waals surface area contributed by atoms with Gasteiger partial charge in [-0.2, -0.15) is 0 Å². The third-order valence-corrected chi connectivity index (χ3v) is 2.41. The number of hydrogen-bond acceptors (Lipinski definition) is 6. The number of aliphatic hydroxyl groups excluding tert-OH is 3. The van der Waals surface area contributed by atoms with Crippen LogP contribution in [0.15, 0.2) is 0 Å². The normalized spacial score (nSPS) is 49.2. The van der Waals surface area contributed by atoms with E-state index in [9.17, 15) is 10.2 Å². The molecule has 1 fully saturated rings. The molecule has 0 bridgehead atoms. The fourth-order valence-corrected chi connectivity index (χ4v) is 1.45. The zero-order valence-corrected chi connectivity index (χ0v) is 7.26. The van der Waals surface area contributed by atoms with Gasteiger partial charge in [0, 0.05) is 0 Å². The molecule has 5 atom stereocenters. The van der Waals surface area contributed by atoms with Crippen LogP contribution in [0.5, 0.6) is 0 Å². The van der Waals surface area contributed by atoms with Crippen LogP contribution in [0.1, 0.15) is 0 Å². The van der Waals surface area contributed by atoms with Crippen LogP contribution in [0.2, 0.25) is 0 Å². The Morgan fingerprint density at radius 2 is 1.92 bits per heavy atom. The van der Waals surface area contributed by atoms with Crippen molar-refractivity contribution in [3.8, 4) is 0 Å². The molecule has 0 aromatic rings. The number of thiol groups is 1. The van der Waals surface area contributed by atoms with Crippen molar-refractivity contribution in [1.29, 1.82) is 0 Å². The van der Waals surface area contributed by atoms with Gasteiger partial charge >= 0.3 is 0 Å². The molecule has 1 heterocycles. The topological polar surface area (TPSA) is 95.9 Å². The van der Waals surface area contributed by atoms with Crippen molar-refractivity contribution in [2.75, 3.05) is 6.61 Å². The molecule has 72 valence electrons. The molecule has 0 spiro atoms. The average molecular weight is 195 g/mol. The molecule has 6 heteroatoms. The van der Waals surface area contributed by atoms with Crippen molar-refractivity contribution in [2.45, 2.75) is 29.8 Å². The predicted molar refractivity (Wildman–Crippen MR) is 44.7 cm³/mol. The highest BCUT2D eigenvalue weighted by Crippen LogP contribution is 2.21. The van der Waals surface area contributed by atoms with E-state index in [1.807, 2.05) is 0 Å². The van der Waals surface area contributed by atoms with E-state index in [1.54, 1.807) is 0 Å². The van der Waals surface area contributed by atoms with Crippen molar-refractivity contribution in [1.82, 2.24) is 0 Å². The summed E-state index contributed by atoms with van der Waals surface area (Å²) in [4.78, 5) is 0. The summed E-state index contributed by atoms with van der Waals surface area (Å²) in [7, 11) is 0. The van der Waals surface area contributed by atoms with E-state index in [0.29, 0.717) is 0 Å². The molecule has 12 heavy (non-hydrogen) atoms. The Morgan fingerprint density at radius 3 is 2.42 bits per heavy atom. The fourth-order valence-electron chi connectivity index (χ4n) is 1.12. The number of ether oxygens (including phenoxy) is 1. The van der Waals surface area contributed by atoms with Gasteiger partial charge in [-0.1, -0.05) is 0 Å². The van der Waals surface area contributed by atoms with Crippen LogP contribution in [0.25, 0.3) is 0 Å². The van der Waals surface area contributed by atoms with E-state index >= 15 is 0 Å². The van der Waals surface area contributed by atoms with Gasteiger partial charge in [0.25, 0.3) is 0 Å². The van der Waals surface area contributed by atoms with Gasteiger partial charge in [0.05, 0.1) is 12.6 Å². The minimum absolute atomic E-state index is 0.359. The van der Waals surface area contributed by atoms with Crippen molar-refractivity contribution < 1.29 is 20.1 Å². The van der Waals surface area contributed by atoms with Crippen LogP contribution in [0.3, 0.4) is 0 Å². The lowest BCUT2D eigenvalue weighted by Gasteiger charge is -2.38. The third kappa shape index (κ3) is 1.73. The number of rotatable bonds is 1. The first-order valence-corrected chi connectivity index (χ1v) is 4.15. The van der Waals surface area contributed by atoms with Crippen LogP contribution in [-0.2, 0) is 4.74 Å². The van der Waals surface area contributed by atoms with Gasteiger partial charge in [0.2, 0.25) is 0 Å². The lowest BCUT2D eigenvalue weighted by atomic mass is 9.99. The van der Waals surface area contributed by atoms with Crippen molar-refractivity contribution in [3.05, 3.63) is 0 Å². The van der Waals surface area contributed by atoms with Gasteiger partial charge < -0.3 is 25.8 Å². The Hall–Kier alpha value is 0.150. The van der Waals surface area contributed by atoms with Crippen molar-refractivity contribution in [2.24, 2.45) is 5.73 Å². The summed E-state index contributed by atoms with van der Waals surface area (Å²) in [5.74, 6) is 0. The van der Waals surface area contributed by atoms with Crippen LogP contribution in [-0.4, -0.2) is 51.7 Å². The fraction of sp³-hybridized carbons (Fsp3) is 1.00. The van der Waals surface area contributed by atoms with E-state index in [0.717, 1.165) is 0 Å². The molecule has 5 nitrogen and oxygen atoms in total. The second-order valence-electron chi connectivity index (χ2n) is 2.81. The maximum Gasteiger partial charge on any atom is 0.118 e. The third-order valence-electron chi connectivity index (χ3n) is 1.95. The summed E-state index contributed by atoms with van der Waals surface area (Å²) in [5.41, 5.74) is 4.78. The number of nitrogens with two attached hydrogens (primary N) is 1. The summed E-state index contributed by atoms with van der Waals surface area (Å²) in [5, 5.41) is 27.3. The summed E-state index contributed by atoms with van der Waals surface area (Å²) in [6.07, 6.45) is -3.05. The molecule has 1 saturated heterocycles. The molecule has 0 aliphatic carbocycles. The van der Waals surface area contributed by atoms with Crippen molar-refractivity contribution >= 4 is 12.6 Å². The first kappa shape index (κ1) is 10.2. The van der Waals surface area contributed by atoms with Crippen molar-refractivity contribution in [3.63, 3.8) is 0 Å². The number of hydrogen-bond donors (Lipinski definition) is 5. The maximum atomic E-state index is 9.30. The van der Waals surface area contributed by atoms with E-state index < -0.39 is 29.8 Å². The highest BCUT2D eigenvalue weighted by molar-refractivity contribution is 7.80. The molecule has 0 saturated carbocycles. The average Bonchev–Trinajstić information content (AvgIpc) is 2.08. The molecule has 1 aliphatic rings. The zero-order chi connectivity index (χ0) is 9.30. The molecule has 1 rings (SSSR count).